The van der Waals surface area contributed by atoms with Gasteiger partial charge in [0, 0.05) is 19.1 Å². The zero-order chi connectivity index (χ0) is 13.1. The van der Waals surface area contributed by atoms with Gasteiger partial charge in [-0.1, -0.05) is 5.16 Å². The van der Waals surface area contributed by atoms with Gasteiger partial charge in [0.1, 0.15) is 5.69 Å². The van der Waals surface area contributed by atoms with Gasteiger partial charge >= 0.3 is 0 Å². The number of oxime groups is 1. The number of nitrogens with two attached hydrogens (primary N) is 1. The quantitative estimate of drug-likeness (QED) is 0.349. The van der Waals surface area contributed by atoms with Crippen molar-refractivity contribution < 1.29 is 5.21 Å². The van der Waals surface area contributed by atoms with E-state index in [-0.39, 0.29) is 5.84 Å². The number of hydrogen-bond donors (Lipinski definition) is 2. The number of likely N-dealkylation sites (N-methyl/N-ethyl adjacent to an activating group) is 1. The summed E-state index contributed by atoms with van der Waals surface area (Å²) in [4.78, 5) is 8.74. The summed E-state index contributed by atoms with van der Waals surface area (Å²) in [6.07, 6.45) is 2.93. The molecular weight excluding hydrogens is 230 g/mol. The minimum atomic E-state index is 0.0362. The Morgan fingerprint density at radius 2 is 2.33 bits per heavy atom. The van der Waals surface area contributed by atoms with Crippen LogP contribution in [-0.4, -0.2) is 54.2 Å². The summed E-state index contributed by atoms with van der Waals surface area (Å²) in [6, 6.07) is 4.32. The predicted molar refractivity (Wildman–Crippen MR) is 71.1 cm³/mol. The molecule has 18 heavy (non-hydrogen) atoms. The summed E-state index contributed by atoms with van der Waals surface area (Å²) in [5.41, 5.74) is 7.04. The third kappa shape index (κ3) is 2.53. The smallest absolute Gasteiger partial charge is 0.188 e. The van der Waals surface area contributed by atoms with Crippen molar-refractivity contribution in [1.82, 2.24) is 9.88 Å². The Morgan fingerprint density at radius 1 is 1.56 bits per heavy atom. The van der Waals surface area contributed by atoms with Gasteiger partial charge in [0.15, 0.2) is 5.84 Å². The zero-order valence-corrected chi connectivity index (χ0v) is 10.7. The van der Waals surface area contributed by atoms with Crippen molar-refractivity contribution in [3.8, 4) is 0 Å². The van der Waals surface area contributed by atoms with Gasteiger partial charge in [0.2, 0.25) is 0 Å². The van der Waals surface area contributed by atoms with Crippen molar-refractivity contribution in [2.75, 3.05) is 32.1 Å². The maximum atomic E-state index is 8.57. The molecule has 1 fully saturated rings. The van der Waals surface area contributed by atoms with E-state index >= 15 is 0 Å². The third-order valence-corrected chi connectivity index (χ3v) is 3.38. The maximum Gasteiger partial charge on any atom is 0.188 e. The molecule has 6 nitrogen and oxygen atoms in total. The summed E-state index contributed by atoms with van der Waals surface area (Å²) >= 11 is 0. The Hall–Kier alpha value is -1.82. The summed E-state index contributed by atoms with van der Waals surface area (Å²) < 4.78 is 0. The molecule has 0 amide bonds. The van der Waals surface area contributed by atoms with E-state index in [0.717, 1.165) is 25.2 Å². The Morgan fingerprint density at radius 3 is 2.83 bits per heavy atom. The van der Waals surface area contributed by atoms with Crippen LogP contribution in [0.4, 0.5) is 5.69 Å². The molecular formula is C12H19N5O. The SMILES string of the molecule is CN(C)C1CCN(c2ccc(/C(N)=N/O)nc2)C1. The highest BCUT2D eigenvalue weighted by Crippen LogP contribution is 2.21. The van der Waals surface area contributed by atoms with Crippen LogP contribution in [0.5, 0.6) is 0 Å². The molecule has 6 heteroatoms. The molecule has 1 atom stereocenters. The van der Waals surface area contributed by atoms with E-state index in [1.54, 1.807) is 12.3 Å². The zero-order valence-electron chi connectivity index (χ0n) is 10.7. The lowest BCUT2D eigenvalue weighted by molar-refractivity contribution is 0.315. The first-order valence-corrected chi connectivity index (χ1v) is 5.97. The van der Waals surface area contributed by atoms with Crippen molar-refractivity contribution >= 4 is 11.5 Å². The molecule has 3 N–H and O–H groups in total. The molecule has 1 saturated heterocycles. The van der Waals surface area contributed by atoms with Crippen molar-refractivity contribution in [1.29, 1.82) is 0 Å². The minimum Gasteiger partial charge on any atom is -0.409 e. The molecule has 0 aromatic carbocycles. The molecule has 1 aromatic heterocycles. The highest BCUT2D eigenvalue weighted by atomic mass is 16.4. The van der Waals surface area contributed by atoms with Crippen LogP contribution in [0.3, 0.4) is 0 Å². The lowest BCUT2D eigenvalue weighted by atomic mass is 10.2. The van der Waals surface area contributed by atoms with Gasteiger partial charge in [-0.25, -0.2) is 0 Å². The average molecular weight is 249 g/mol. The summed E-state index contributed by atoms with van der Waals surface area (Å²) in [5.74, 6) is 0.0362. The Balaban J connectivity index is 2.07. The van der Waals surface area contributed by atoms with Crippen LogP contribution < -0.4 is 10.6 Å². The maximum absolute atomic E-state index is 8.57. The second kappa shape index (κ2) is 5.22. The number of hydrogen-bond acceptors (Lipinski definition) is 5. The van der Waals surface area contributed by atoms with Crippen LogP contribution in [0.25, 0.3) is 0 Å². The fourth-order valence-electron chi connectivity index (χ4n) is 2.17. The van der Waals surface area contributed by atoms with Gasteiger partial charge in [-0.3, -0.25) is 4.98 Å². The third-order valence-electron chi connectivity index (χ3n) is 3.38. The first-order chi connectivity index (χ1) is 8.61. The summed E-state index contributed by atoms with van der Waals surface area (Å²) in [7, 11) is 4.21. The lowest BCUT2D eigenvalue weighted by Gasteiger charge is -2.21. The number of amidine groups is 1. The Labute approximate surface area is 107 Å². The van der Waals surface area contributed by atoms with Gasteiger partial charge in [-0.15, -0.1) is 0 Å². The first kappa shape index (κ1) is 12.6. The monoisotopic (exact) mass is 249 g/mol. The Kier molecular flexibility index (Phi) is 3.66. The summed E-state index contributed by atoms with van der Waals surface area (Å²) in [6.45, 7) is 2.05. The molecule has 0 bridgehead atoms. The topological polar surface area (TPSA) is 78.0 Å². The molecule has 0 radical (unpaired) electrons. The largest absolute Gasteiger partial charge is 0.409 e. The van der Waals surface area contributed by atoms with Gasteiger partial charge in [0.05, 0.1) is 11.9 Å². The number of rotatable bonds is 3. The van der Waals surface area contributed by atoms with Gasteiger partial charge in [-0.05, 0) is 32.6 Å². The molecule has 0 saturated carbocycles. The van der Waals surface area contributed by atoms with Crippen LogP contribution in [0, 0.1) is 0 Å². The molecule has 2 heterocycles. The van der Waals surface area contributed by atoms with Crippen molar-refractivity contribution in [2.45, 2.75) is 12.5 Å². The molecule has 98 valence electrons. The molecule has 1 aliphatic rings. The second-order valence-electron chi connectivity index (χ2n) is 4.74. The average Bonchev–Trinajstić information content (AvgIpc) is 2.88. The van der Waals surface area contributed by atoms with E-state index in [1.165, 1.54) is 0 Å². The van der Waals surface area contributed by atoms with Crippen LogP contribution in [-0.2, 0) is 0 Å². The normalized spacial score (nSPS) is 20.7. The second-order valence-corrected chi connectivity index (χ2v) is 4.74. The molecule has 1 unspecified atom stereocenters. The molecule has 1 aliphatic heterocycles. The summed E-state index contributed by atoms with van der Waals surface area (Å²) in [5, 5.41) is 11.5. The van der Waals surface area contributed by atoms with E-state index in [2.05, 4.69) is 34.0 Å². The fraction of sp³-hybridized carbons (Fsp3) is 0.500. The van der Waals surface area contributed by atoms with Crippen LogP contribution in [0.1, 0.15) is 12.1 Å². The molecule has 0 spiro atoms. The van der Waals surface area contributed by atoms with Gasteiger partial charge in [-0.2, -0.15) is 0 Å². The van der Waals surface area contributed by atoms with Crippen LogP contribution >= 0.6 is 0 Å². The van der Waals surface area contributed by atoms with E-state index in [1.807, 2.05) is 6.07 Å². The number of pyridine rings is 1. The van der Waals surface area contributed by atoms with E-state index in [4.69, 9.17) is 10.9 Å². The van der Waals surface area contributed by atoms with Gasteiger partial charge in [0.25, 0.3) is 0 Å². The first-order valence-electron chi connectivity index (χ1n) is 5.97. The number of nitrogens with zero attached hydrogens (tertiary/aromatic N) is 4. The Bertz CT molecular complexity index is 429. The van der Waals surface area contributed by atoms with E-state index in [0.29, 0.717) is 11.7 Å². The van der Waals surface area contributed by atoms with Crippen LogP contribution in [0.15, 0.2) is 23.5 Å². The number of aromatic nitrogens is 1. The molecule has 2 rings (SSSR count). The lowest BCUT2D eigenvalue weighted by Crippen LogP contribution is -2.31. The van der Waals surface area contributed by atoms with Crippen molar-refractivity contribution in [3.05, 3.63) is 24.0 Å². The van der Waals surface area contributed by atoms with Crippen LogP contribution in [0.2, 0.25) is 0 Å². The van der Waals surface area contributed by atoms with E-state index in [9.17, 15) is 0 Å². The predicted octanol–water partition coefficient (Wildman–Crippen LogP) is 0.316. The number of anilines is 1. The van der Waals surface area contributed by atoms with Crippen molar-refractivity contribution in [3.63, 3.8) is 0 Å². The van der Waals surface area contributed by atoms with Crippen molar-refractivity contribution in [2.24, 2.45) is 10.9 Å². The minimum absolute atomic E-state index is 0.0362. The molecule has 1 aromatic rings. The standard InChI is InChI=1S/C12H19N5O/c1-16(2)10-5-6-17(8-10)9-3-4-11(14-7-9)12(13)15-18/h3-4,7,10,18H,5-6,8H2,1-2H3,(H2,13,15). The van der Waals surface area contributed by atoms with Gasteiger partial charge < -0.3 is 20.7 Å². The van der Waals surface area contributed by atoms with E-state index < -0.39 is 0 Å². The highest BCUT2D eigenvalue weighted by molar-refractivity contribution is 5.95. The molecule has 0 aliphatic carbocycles. The fourth-order valence-corrected chi connectivity index (χ4v) is 2.17. The highest BCUT2D eigenvalue weighted by Gasteiger charge is 2.24.